The van der Waals surface area contributed by atoms with Gasteiger partial charge in [-0.05, 0) is 50.7 Å². The highest BCUT2D eigenvalue weighted by atomic mass is 35.5. The summed E-state index contributed by atoms with van der Waals surface area (Å²) in [5.74, 6) is 1.53. The molecule has 1 aromatic carbocycles. The van der Waals surface area contributed by atoms with Crippen LogP contribution in [0, 0.1) is 5.92 Å². The van der Waals surface area contributed by atoms with Crippen LogP contribution in [-0.4, -0.2) is 12.1 Å². The number of nitrogens with two attached hydrogens (primary N) is 1. The van der Waals surface area contributed by atoms with Crippen molar-refractivity contribution in [3.63, 3.8) is 0 Å². The van der Waals surface area contributed by atoms with Gasteiger partial charge in [-0.25, -0.2) is 0 Å². The summed E-state index contributed by atoms with van der Waals surface area (Å²) in [6.07, 6.45) is 3.33. The largest absolute Gasteiger partial charge is 0.492 e. The summed E-state index contributed by atoms with van der Waals surface area (Å²) < 4.78 is 5.74. The maximum absolute atomic E-state index is 6.34. The summed E-state index contributed by atoms with van der Waals surface area (Å²) >= 11 is 6.34. The Labute approximate surface area is 108 Å². The summed E-state index contributed by atoms with van der Waals surface area (Å²) in [4.78, 5) is 0. The minimum atomic E-state index is -0.251. The Morgan fingerprint density at radius 3 is 2.71 bits per heavy atom. The fraction of sp³-hybridized carbons (Fsp3) is 0.571. The number of hydrogen-bond donors (Lipinski definition) is 1. The highest BCUT2D eigenvalue weighted by molar-refractivity contribution is 6.32. The molecular weight excluding hydrogens is 234 g/mol. The van der Waals surface area contributed by atoms with Crippen LogP contribution in [0.3, 0.4) is 0 Å². The molecule has 1 aromatic rings. The van der Waals surface area contributed by atoms with Gasteiger partial charge in [0.2, 0.25) is 0 Å². The van der Waals surface area contributed by atoms with Gasteiger partial charge in [0, 0.05) is 5.54 Å². The Kier molecular flexibility index (Phi) is 3.64. The summed E-state index contributed by atoms with van der Waals surface area (Å²) in [7, 11) is 0. The van der Waals surface area contributed by atoms with Crippen molar-refractivity contribution in [2.45, 2.75) is 38.6 Å². The molecule has 0 atom stereocenters. The highest BCUT2D eigenvalue weighted by Crippen LogP contribution is 2.33. The van der Waals surface area contributed by atoms with Crippen LogP contribution < -0.4 is 10.5 Å². The molecule has 17 heavy (non-hydrogen) atoms. The minimum Gasteiger partial charge on any atom is -0.492 e. The van der Waals surface area contributed by atoms with Crippen LogP contribution in [0.5, 0.6) is 5.75 Å². The molecule has 0 spiro atoms. The second-order valence-corrected chi connectivity index (χ2v) is 6.03. The molecule has 94 valence electrons. The van der Waals surface area contributed by atoms with E-state index in [9.17, 15) is 0 Å². The average molecular weight is 254 g/mol. The Bertz CT molecular complexity index is 394. The van der Waals surface area contributed by atoms with E-state index in [1.165, 1.54) is 12.8 Å². The van der Waals surface area contributed by atoms with E-state index in [-0.39, 0.29) is 5.54 Å². The normalized spacial score (nSPS) is 16.0. The first-order chi connectivity index (χ1) is 7.96. The van der Waals surface area contributed by atoms with E-state index < -0.39 is 0 Å². The van der Waals surface area contributed by atoms with Crippen LogP contribution in [0.1, 0.15) is 32.3 Å². The molecule has 0 radical (unpaired) electrons. The predicted molar refractivity (Wildman–Crippen MR) is 71.6 cm³/mol. The van der Waals surface area contributed by atoms with Crippen molar-refractivity contribution >= 4 is 11.6 Å². The van der Waals surface area contributed by atoms with Gasteiger partial charge < -0.3 is 10.5 Å². The van der Waals surface area contributed by atoms with E-state index in [1.807, 2.05) is 32.0 Å². The van der Waals surface area contributed by atoms with Gasteiger partial charge in [0.1, 0.15) is 5.75 Å². The van der Waals surface area contributed by atoms with Crippen molar-refractivity contribution in [1.29, 1.82) is 0 Å². The number of halogens is 1. The molecule has 1 aliphatic rings. The van der Waals surface area contributed by atoms with Gasteiger partial charge in [0.15, 0.2) is 0 Å². The molecule has 1 fully saturated rings. The van der Waals surface area contributed by atoms with Crippen molar-refractivity contribution in [2.24, 2.45) is 11.7 Å². The van der Waals surface area contributed by atoms with E-state index in [0.29, 0.717) is 5.02 Å². The van der Waals surface area contributed by atoms with E-state index >= 15 is 0 Å². The molecule has 0 heterocycles. The lowest BCUT2D eigenvalue weighted by atomic mass is 9.96. The maximum atomic E-state index is 6.34. The number of rotatable bonds is 5. The highest BCUT2D eigenvalue weighted by Gasteiger charge is 2.23. The zero-order valence-electron chi connectivity index (χ0n) is 10.5. The molecule has 0 aromatic heterocycles. The fourth-order valence-corrected chi connectivity index (χ4v) is 2.03. The third kappa shape index (κ3) is 3.90. The lowest BCUT2D eigenvalue weighted by Gasteiger charge is -2.20. The Morgan fingerprint density at radius 1 is 1.41 bits per heavy atom. The van der Waals surface area contributed by atoms with E-state index in [4.69, 9.17) is 22.1 Å². The van der Waals surface area contributed by atoms with Crippen LogP contribution in [0.2, 0.25) is 5.02 Å². The molecule has 0 saturated heterocycles. The Morgan fingerprint density at radius 2 is 2.12 bits per heavy atom. The van der Waals surface area contributed by atoms with Gasteiger partial charge in [-0.15, -0.1) is 0 Å². The summed E-state index contributed by atoms with van der Waals surface area (Å²) in [6.45, 7) is 4.79. The smallest absolute Gasteiger partial charge is 0.138 e. The van der Waals surface area contributed by atoms with Gasteiger partial charge in [-0.1, -0.05) is 23.7 Å². The standard InChI is InChI=1S/C14H20ClNO/c1-14(2,16)8-11-4-3-5-12(13(11)15)17-9-10-6-7-10/h3-5,10H,6-9,16H2,1-2H3. The van der Waals surface area contributed by atoms with Crippen LogP contribution in [-0.2, 0) is 6.42 Å². The first-order valence-electron chi connectivity index (χ1n) is 6.15. The first kappa shape index (κ1) is 12.7. The van der Waals surface area contributed by atoms with Crippen molar-refractivity contribution < 1.29 is 4.74 Å². The zero-order chi connectivity index (χ0) is 12.5. The summed E-state index contributed by atoms with van der Waals surface area (Å²) in [5.41, 5.74) is 6.83. The number of benzene rings is 1. The quantitative estimate of drug-likeness (QED) is 0.873. The molecule has 0 unspecified atom stereocenters. The van der Waals surface area contributed by atoms with Gasteiger partial charge in [0.05, 0.1) is 11.6 Å². The summed E-state index contributed by atoms with van der Waals surface area (Å²) in [5, 5.41) is 0.715. The van der Waals surface area contributed by atoms with Crippen molar-refractivity contribution in [2.75, 3.05) is 6.61 Å². The molecule has 3 heteroatoms. The molecule has 2 N–H and O–H groups in total. The van der Waals surface area contributed by atoms with E-state index in [0.717, 1.165) is 30.3 Å². The van der Waals surface area contributed by atoms with E-state index in [1.54, 1.807) is 0 Å². The number of ether oxygens (including phenoxy) is 1. The lowest BCUT2D eigenvalue weighted by Crippen LogP contribution is -2.34. The van der Waals surface area contributed by atoms with Crippen LogP contribution >= 0.6 is 11.6 Å². The van der Waals surface area contributed by atoms with Crippen molar-refractivity contribution in [3.05, 3.63) is 28.8 Å². The summed E-state index contributed by atoms with van der Waals surface area (Å²) in [6, 6.07) is 5.92. The van der Waals surface area contributed by atoms with Crippen LogP contribution in [0.4, 0.5) is 0 Å². The van der Waals surface area contributed by atoms with Gasteiger partial charge in [-0.2, -0.15) is 0 Å². The molecule has 0 amide bonds. The van der Waals surface area contributed by atoms with Gasteiger partial charge in [0.25, 0.3) is 0 Å². The minimum absolute atomic E-state index is 0.251. The Hall–Kier alpha value is -0.730. The average Bonchev–Trinajstić information content (AvgIpc) is 3.01. The first-order valence-corrected chi connectivity index (χ1v) is 6.52. The molecule has 0 bridgehead atoms. The van der Waals surface area contributed by atoms with Crippen LogP contribution in [0.15, 0.2) is 18.2 Å². The lowest BCUT2D eigenvalue weighted by molar-refractivity contribution is 0.299. The SMILES string of the molecule is CC(C)(N)Cc1cccc(OCC2CC2)c1Cl. The van der Waals surface area contributed by atoms with Crippen LogP contribution in [0.25, 0.3) is 0 Å². The second kappa shape index (κ2) is 4.87. The molecule has 1 saturated carbocycles. The molecule has 1 aliphatic carbocycles. The van der Waals surface area contributed by atoms with Crippen molar-refractivity contribution in [1.82, 2.24) is 0 Å². The maximum Gasteiger partial charge on any atom is 0.138 e. The van der Waals surface area contributed by atoms with Gasteiger partial charge >= 0.3 is 0 Å². The Balaban J connectivity index is 2.08. The predicted octanol–water partition coefficient (Wildman–Crippen LogP) is 3.41. The molecule has 0 aliphatic heterocycles. The van der Waals surface area contributed by atoms with Gasteiger partial charge in [-0.3, -0.25) is 0 Å². The monoisotopic (exact) mass is 253 g/mol. The van der Waals surface area contributed by atoms with Crippen molar-refractivity contribution in [3.8, 4) is 5.75 Å². The van der Waals surface area contributed by atoms with E-state index in [2.05, 4.69) is 0 Å². The molecule has 2 nitrogen and oxygen atoms in total. The molecule has 2 rings (SSSR count). The third-order valence-corrected chi connectivity index (χ3v) is 3.29. The third-order valence-electron chi connectivity index (χ3n) is 2.86. The molecular formula is C14H20ClNO. The second-order valence-electron chi connectivity index (χ2n) is 5.65. The zero-order valence-corrected chi connectivity index (χ0v) is 11.3. The fourth-order valence-electron chi connectivity index (χ4n) is 1.79. The number of hydrogen-bond acceptors (Lipinski definition) is 2. The topological polar surface area (TPSA) is 35.2 Å².